The number of para-hydroxylation sites is 1. The lowest BCUT2D eigenvalue weighted by Gasteiger charge is -2.22. The molecule has 1 aromatic rings. The Morgan fingerprint density at radius 3 is 2.33 bits per heavy atom. The van der Waals surface area contributed by atoms with Crippen LogP contribution in [0.1, 0.15) is 37.8 Å². The van der Waals surface area contributed by atoms with Crippen molar-refractivity contribution < 1.29 is 4.79 Å². The molecule has 0 radical (unpaired) electrons. The van der Waals surface area contributed by atoms with E-state index < -0.39 is 0 Å². The number of amides is 2. The molecule has 1 aromatic carbocycles. The molecule has 0 unspecified atom stereocenters. The Kier molecular flexibility index (Phi) is 4.17. The van der Waals surface area contributed by atoms with E-state index in [1.807, 2.05) is 6.07 Å². The van der Waals surface area contributed by atoms with E-state index in [1.54, 1.807) is 0 Å². The lowest BCUT2D eigenvalue weighted by molar-refractivity contribution is 0.249. The van der Waals surface area contributed by atoms with E-state index in [0.717, 1.165) is 42.5 Å². The van der Waals surface area contributed by atoms with Gasteiger partial charge in [0.05, 0.1) is 5.69 Å². The number of thiol groups is 1. The van der Waals surface area contributed by atoms with Crippen molar-refractivity contribution in [1.82, 2.24) is 5.32 Å². The van der Waals surface area contributed by atoms with Gasteiger partial charge in [-0.05, 0) is 36.8 Å². The third kappa shape index (κ3) is 2.80. The van der Waals surface area contributed by atoms with Crippen LogP contribution in [0.3, 0.4) is 0 Å². The molecule has 3 nitrogen and oxygen atoms in total. The summed E-state index contributed by atoms with van der Waals surface area (Å²) in [5.41, 5.74) is 3.27. The molecule has 0 heterocycles. The van der Waals surface area contributed by atoms with E-state index in [1.165, 1.54) is 4.31 Å². The summed E-state index contributed by atoms with van der Waals surface area (Å²) in [7, 11) is 0. The van der Waals surface area contributed by atoms with Gasteiger partial charge in [0, 0.05) is 6.04 Å². The molecule has 1 N–H and O–H groups in total. The number of nitrogens with zero attached hydrogens (tertiary/aromatic N) is 1. The van der Waals surface area contributed by atoms with Crippen LogP contribution in [0.2, 0.25) is 0 Å². The third-order valence-electron chi connectivity index (χ3n) is 3.27. The fraction of sp³-hybridized carbons (Fsp3) is 0.500. The summed E-state index contributed by atoms with van der Waals surface area (Å²) in [5, 5.41) is 2.97. The van der Waals surface area contributed by atoms with Gasteiger partial charge in [0.15, 0.2) is 0 Å². The number of aryl methyl sites for hydroxylation is 2. The van der Waals surface area contributed by atoms with E-state index in [-0.39, 0.29) is 6.03 Å². The van der Waals surface area contributed by atoms with Crippen LogP contribution in [0.5, 0.6) is 0 Å². The van der Waals surface area contributed by atoms with Crippen LogP contribution in [0.4, 0.5) is 10.5 Å². The van der Waals surface area contributed by atoms with Crippen molar-refractivity contribution in [2.45, 2.75) is 45.6 Å². The van der Waals surface area contributed by atoms with Gasteiger partial charge in [-0.25, -0.2) is 9.10 Å². The highest BCUT2D eigenvalue weighted by Crippen LogP contribution is 2.29. The van der Waals surface area contributed by atoms with Gasteiger partial charge < -0.3 is 5.32 Å². The Morgan fingerprint density at radius 2 is 1.89 bits per heavy atom. The predicted molar refractivity (Wildman–Crippen MR) is 78.2 cm³/mol. The number of carbonyl (C=O) groups is 1. The first-order valence-electron chi connectivity index (χ1n) is 6.57. The van der Waals surface area contributed by atoms with Crippen LogP contribution < -0.4 is 9.62 Å². The summed E-state index contributed by atoms with van der Waals surface area (Å²) in [5.74, 6) is 0. The molecule has 0 aromatic heterocycles. The molecule has 1 saturated carbocycles. The number of carbonyl (C=O) groups excluding carboxylic acids is 1. The SMILES string of the molecule is CCc1cccc(CC)c1N(S)C(=O)NC1CC1. The fourth-order valence-corrected chi connectivity index (χ4v) is 2.37. The average Bonchev–Trinajstić information content (AvgIpc) is 3.20. The zero-order valence-electron chi connectivity index (χ0n) is 10.9. The quantitative estimate of drug-likeness (QED) is 0.803. The van der Waals surface area contributed by atoms with Crippen molar-refractivity contribution in [3.8, 4) is 0 Å². The monoisotopic (exact) mass is 264 g/mol. The maximum Gasteiger partial charge on any atom is 0.332 e. The molecule has 0 spiro atoms. The second-order valence-electron chi connectivity index (χ2n) is 4.67. The highest BCUT2D eigenvalue weighted by atomic mass is 32.1. The summed E-state index contributed by atoms with van der Waals surface area (Å²) in [4.78, 5) is 12.1. The smallest absolute Gasteiger partial charge is 0.332 e. The van der Waals surface area contributed by atoms with Crippen molar-refractivity contribution in [1.29, 1.82) is 0 Å². The van der Waals surface area contributed by atoms with Crippen LogP contribution in [-0.2, 0) is 12.8 Å². The molecular formula is C14H20N2OS. The first-order chi connectivity index (χ1) is 8.67. The van der Waals surface area contributed by atoms with E-state index in [4.69, 9.17) is 0 Å². The summed E-state index contributed by atoms with van der Waals surface area (Å²) >= 11 is 4.39. The number of rotatable bonds is 4. The molecule has 0 bridgehead atoms. The molecule has 1 fully saturated rings. The Hall–Kier alpha value is -1.16. The fourth-order valence-electron chi connectivity index (χ4n) is 2.05. The zero-order valence-corrected chi connectivity index (χ0v) is 11.8. The lowest BCUT2D eigenvalue weighted by Crippen LogP contribution is -2.36. The second-order valence-corrected chi connectivity index (χ2v) is 5.07. The van der Waals surface area contributed by atoms with E-state index in [2.05, 4.69) is 44.1 Å². The van der Waals surface area contributed by atoms with Gasteiger partial charge in [-0.3, -0.25) is 0 Å². The molecular weight excluding hydrogens is 244 g/mol. The van der Waals surface area contributed by atoms with Crippen LogP contribution in [0.25, 0.3) is 0 Å². The summed E-state index contributed by atoms with van der Waals surface area (Å²) in [6, 6.07) is 6.40. The highest BCUT2D eigenvalue weighted by molar-refractivity contribution is 7.82. The van der Waals surface area contributed by atoms with Crippen molar-refractivity contribution in [2.24, 2.45) is 0 Å². The molecule has 2 amide bonds. The first kappa shape index (κ1) is 13.3. The van der Waals surface area contributed by atoms with Crippen molar-refractivity contribution in [2.75, 3.05) is 4.31 Å². The summed E-state index contributed by atoms with van der Waals surface area (Å²) in [6.45, 7) is 4.19. The molecule has 0 atom stereocenters. The van der Waals surface area contributed by atoms with Crippen LogP contribution >= 0.6 is 12.8 Å². The van der Waals surface area contributed by atoms with E-state index in [9.17, 15) is 4.79 Å². The van der Waals surface area contributed by atoms with Gasteiger partial charge >= 0.3 is 6.03 Å². The number of urea groups is 1. The maximum absolute atomic E-state index is 12.1. The van der Waals surface area contributed by atoms with Gasteiger partial charge in [0.25, 0.3) is 0 Å². The third-order valence-corrected chi connectivity index (χ3v) is 3.66. The molecule has 98 valence electrons. The van der Waals surface area contributed by atoms with Gasteiger partial charge in [-0.2, -0.15) is 0 Å². The molecule has 4 heteroatoms. The summed E-state index contributed by atoms with van der Waals surface area (Å²) < 4.78 is 1.47. The largest absolute Gasteiger partial charge is 0.334 e. The molecule has 1 aliphatic carbocycles. The molecule has 2 rings (SSSR count). The number of benzene rings is 1. The highest BCUT2D eigenvalue weighted by Gasteiger charge is 2.26. The lowest BCUT2D eigenvalue weighted by atomic mass is 10.0. The van der Waals surface area contributed by atoms with Gasteiger partial charge in [-0.1, -0.05) is 44.9 Å². The van der Waals surface area contributed by atoms with Gasteiger partial charge in [0.2, 0.25) is 0 Å². The van der Waals surface area contributed by atoms with Crippen LogP contribution in [0.15, 0.2) is 18.2 Å². The summed E-state index contributed by atoms with van der Waals surface area (Å²) in [6.07, 6.45) is 3.97. The van der Waals surface area contributed by atoms with Crippen LogP contribution in [-0.4, -0.2) is 12.1 Å². The molecule has 18 heavy (non-hydrogen) atoms. The second kappa shape index (κ2) is 5.65. The average molecular weight is 264 g/mol. The number of hydrogen-bond donors (Lipinski definition) is 2. The Labute approximate surface area is 114 Å². The van der Waals surface area contributed by atoms with Crippen molar-refractivity contribution in [3.05, 3.63) is 29.3 Å². The van der Waals surface area contributed by atoms with Gasteiger partial charge in [0.1, 0.15) is 0 Å². The molecule has 0 aliphatic heterocycles. The Balaban J connectivity index is 2.26. The number of hydrogen-bond acceptors (Lipinski definition) is 2. The Bertz CT molecular complexity index is 421. The number of anilines is 1. The standard InChI is InChI=1S/C14H20N2OS/c1-3-10-6-5-7-11(4-2)13(10)16(18)14(17)15-12-8-9-12/h5-7,12,18H,3-4,8-9H2,1-2H3,(H,15,17). The minimum absolute atomic E-state index is 0.114. The maximum atomic E-state index is 12.1. The Morgan fingerprint density at radius 1 is 1.33 bits per heavy atom. The minimum atomic E-state index is -0.114. The van der Waals surface area contributed by atoms with E-state index in [0.29, 0.717) is 6.04 Å². The molecule has 0 saturated heterocycles. The predicted octanol–water partition coefficient (Wildman–Crippen LogP) is 3.33. The first-order valence-corrected chi connectivity index (χ1v) is 6.97. The van der Waals surface area contributed by atoms with E-state index >= 15 is 0 Å². The minimum Gasteiger partial charge on any atom is -0.334 e. The normalized spacial score (nSPS) is 14.4. The van der Waals surface area contributed by atoms with Crippen LogP contribution in [0, 0.1) is 0 Å². The number of nitrogens with one attached hydrogen (secondary N) is 1. The van der Waals surface area contributed by atoms with Crippen molar-refractivity contribution >= 4 is 24.5 Å². The topological polar surface area (TPSA) is 32.3 Å². The molecule has 1 aliphatic rings. The van der Waals surface area contributed by atoms with Gasteiger partial charge in [-0.15, -0.1) is 0 Å². The van der Waals surface area contributed by atoms with Crippen molar-refractivity contribution in [3.63, 3.8) is 0 Å². The zero-order chi connectivity index (χ0) is 13.1.